The Morgan fingerprint density at radius 2 is 1.30 bits per heavy atom. The topological polar surface area (TPSA) is 77.3 Å². The van der Waals surface area contributed by atoms with Crippen LogP contribution in [0.5, 0.6) is 0 Å². The van der Waals surface area contributed by atoms with Crippen molar-refractivity contribution in [2.45, 2.75) is 59.0 Å². The van der Waals surface area contributed by atoms with Gasteiger partial charge in [0.2, 0.25) is 11.8 Å². The Kier molecular flexibility index (Phi) is 3.04. The molecule has 0 aromatic rings. The number of cyclic esters (lactones) is 2. The summed E-state index contributed by atoms with van der Waals surface area (Å²) in [6, 6.07) is 0. The fraction of sp³-hybridized carbons (Fsp3) is 0.714. The van der Waals surface area contributed by atoms with Gasteiger partial charge in [-0.15, -0.1) is 0 Å². The largest absolute Gasteiger partial charge is 0.409 e. The van der Waals surface area contributed by atoms with E-state index in [1.54, 1.807) is 27.7 Å². The van der Waals surface area contributed by atoms with E-state index in [9.17, 15) is 9.59 Å². The molecule has 0 atom stereocenters. The first-order valence-corrected chi connectivity index (χ1v) is 6.68. The highest BCUT2D eigenvalue weighted by Crippen LogP contribution is 2.37. The molecular weight excluding hydrogens is 260 g/mol. The summed E-state index contributed by atoms with van der Waals surface area (Å²) in [5.41, 5.74) is -2.64. The predicted octanol–water partition coefficient (Wildman–Crippen LogP) is 1.87. The Balaban J connectivity index is 2.43. The number of hydrogen-bond donors (Lipinski definition) is 0. The molecule has 0 bridgehead atoms. The van der Waals surface area contributed by atoms with Crippen LogP contribution in [0.3, 0.4) is 0 Å². The van der Waals surface area contributed by atoms with E-state index in [-0.39, 0.29) is 11.8 Å². The molecule has 110 valence electrons. The highest BCUT2D eigenvalue weighted by Gasteiger charge is 2.51. The molecule has 6 heteroatoms. The van der Waals surface area contributed by atoms with Crippen LogP contribution in [0.4, 0.5) is 0 Å². The summed E-state index contributed by atoms with van der Waals surface area (Å²) in [4.78, 5) is 32.3. The molecule has 2 aliphatic heterocycles. The summed E-state index contributed by atoms with van der Waals surface area (Å²) >= 11 is 0. The summed E-state index contributed by atoms with van der Waals surface area (Å²) in [6.07, 6.45) is 0.553. The number of carbonyl (C=O) groups is 2. The second kappa shape index (κ2) is 4.14. The monoisotopic (exact) mass is 280 g/mol. The third kappa shape index (κ3) is 2.03. The molecule has 0 aromatic carbocycles. The minimum atomic E-state index is -0.912. The summed E-state index contributed by atoms with van der Waals surface area (Å²) in [5.74, 6) is -0.286. The van der Waals surface area contributed by atoms with Gasteiger partial charge in [-0.25, -0.2) is 19.6 Å². The maximum absolute atomic E-state index is 11.8. The molecule has 6 nitrogen and oxygen atoms in total. The van der Waals surface area contributed by atoms with Crippen LogP contribution in [-0.4, -0.2) is 34.8 Å². The molecule has 0 aromatic heterocycles. The fourth-order valence-electron chi connectivity index (χ4n) is 1.94. The van der Waals surface area contributed by atoms with Crippen LogP contribution in [0.2, 0.25) is 0 Å². The van der Waals surface area contributed by atoms with Gasteiger partial charge in [0, 0.05) is 0 Å². The van der Waals surface area contributed by atoms with Crippen molar-refractivity contribution in [3.63, 3.8) is 0 Å². The van der Waals surface area contributed by atoms with Gasteiger partial charge in [-0.2, -0.15) is 0 Å². The van der Waals surface area contributed by atoms with Crippen LogP contribution < -0.4 is 0 Å². The molecule has 0 amide bonds. The van der Waals surface area contributed by atoms with Crippen molar-refractivity contribution in [3.8, 4) is 0 Å². The van der Waals surface area contributed by atoms with Crippen molar-refractivity contribution in [2.75, 3.05) is 0 Å². The SMILES string of the molecule is CCC(C)(C1=NC(C)(C)C(=O)O1)C1=NC(C)(C)C(=O)O1. The number of aliphatic imine (C=N–C) groups is 2. The predicted molar refractivity (Wildman–Crippen MR) is 73.6 cm³/mol. The third-order valence-corrected chi connectivity index (χ3v) is 3.79. The van der Waals surface area contributed by atoms with E-state index in [2.05, 4.69) is 9.98 Å². The van der Waals surface area contributed by atoms with E-state index in [4.69, 9.17) is 9.47 Å². The number of hydrogen-bond acceptors (Lipinski definition) is 6. The molecule has 0 saturated heterocycles. The van der Waals surface area contributed by atoms with Crippen LogP contribution >= 0.6 is 0 Å². The van der Waals surface area contributed by atoms with E-state index in [1.165, 1.54) is 0 Å². The second-order valence-corrected chi connectivity index (χ2v) is 6.42. The first kappa shape index (κ1) is 14.7. The van der Waals surface area contributed by atoms with E-state index in [0.29, 0.717) is 6.42 Å². The van der Waals surface area contributed by atoms with Gasteiger partial charge < -0.3 is 9.47 Å². The lowest BCUT2D eigenvalue weighted by Crippen LogP contribution is -2.37. The zero-order chi connectivity index (χ0) is 15.3. The molecule has 0 saturated carbocycles. The van der Waals surface area contributed by atoms with Gasteiger partial charge in [-0.1, -0.05) is 6.92 Å². The smallest absolute Gasteiger partial charge is 0.340 e. The fourth-order valence-corrected chi connectivity index (χ4v) is 1.94. The van der Waals surface area contributed by atoms with E-state index in [1.807, 2.05) is 13.8 Å². The zero-order valence-electron chi connectivity index (χ0n) is 12.7. The number of nitrogens with zero attached hydrogens (tertiary/aromatic N) is 2. The maximum Gasteiger partial charge on any atom is 0.340 e. The Hall–Kier alpha value is -1.72. The lowest BCUT2D eigenvalue weighted by atomic mass is 9.86. The average molecular weight is 280 g/mol. The molecule has 0 fully saturated rings. The number of ether oxygens (including phenoxy) is 2. The molecule has 2 rings (SSSR count). The minimum Gasteiger partial charge on any atom is -0.409 e. The Labute approximate surface area is 118 Å². The van der Waals surface area contributed by atoms with Crippen molar-refractivity contribution in [1.29, 1.82) is 0 Å². The molecule has 2 aliphatic rings. The number of esters is 2. The van der Waals surface area contributed by atoms with Gasteiger partial charge in [-0.05, 0) is 41.0 Å². The van der Waals surface area contributed by atoms with E-state index >= 15 is 0 Å². The minimum absolute atomic E-state index is 0.263. The second-order valence-electron chi connectivity index (χ2n) is 6.42. The van der Waals surface area contributed by atoms with Crippen LogP contribution in [0, 0.1) is 5.41 Å². The Morgan fingerprint density at radius 3 is 1.50 bits per heavy atom. The molecular formula is C14H20N2O4. The van der Waals surface area contributed by atoms with Gasteiger partial charge in [0.1, 0.15) is 5.41 Å². The van der Waals surface area contributed by atoms with Crippen LogP contribution in [0.1, 0.15) is 48.0 Å². The first-order chi connectivity index (χ1) is 9.03. The molecule has 0 N–H and O–H groups in total. The van der Waals surface area contributed by atoms with Crippen molar-refractivity contribution >= 4 is 23.7 Å². The standard InChI is InChI=1S/C14H20N2O4/c1-7-14(6,8-15-12(2,3)10(17)19-8)9-16-13(4,5)11(18)20-9/h7H2,1-6H3. The van der Waals surface area contributed by atoms with Crippen molar-refractivity contribution in [1.82, 2.24) is 0 Å². The zero-order valence-corrected chi connectivity index (χ0v) is 12.7. The highest BCUT2D eigenvalue weighted by molar-refractivity contribution is 6.15. The molecule has 0 radical (unpaired) electrons. The number of carbonyl (C=O) groups excluding carboxylic acids is 2. The summed E-state index contributed by atoms with van der Waals surface area (Å²) in [6.45, 7) is 10.5. The normalized spacial score (nSPS) is 24.1. The molecule has 0 aliphatic carbocycles. The van der Waals surface area contributed by atoms with Gasteiger partial charge in [0.05, 0.1) is 0 Å². The first-order valence-electron chi connectivity index (χ1n) is 6.68. The maximum atomic E-state index is 11.8. The number of rotatable bonds is 3. The lowest BCUT2D eigenvalue weighted by Gasteiger charge is -2.24. The van der Waals surface area contributed by atoms with Crippen LogP contribution in [0.15, 0.2) is 9.98 Å². The van der Waals surface area contributed by atoms with Crippen molar-refractivity contribution < 1.29 is 19.1 Å². The van der Waals surface area contributed by atoms with Gasteiger partial charge >= 0.3 is 11.9 Å². The highest BCUT2D eigenvalue weighted by atomic mass is 16.6. The van der Waals surface area contributed by atoms with Crippen LogP contribution in [-0.2, 0) is 19.1 Å². The van der Waals surface area contributed by atoms with Gasteiger partial charge in [-0.3, -0.25) is 0 Å². The van der Waals surface area contributed by atoms with E-state index < -0.39 is 28.4 Å². The molecule has 2 heterocycles. The quantitative estimate of drug-likeness (QED) is 0.739. The molecule has 0 spiro atoms. The third-order valence-electron chi connectivity index (χ3n) is 3.79. The Morgan fingerprint density at radius 1 is 0.950 bits per heavy atom. The summed E-state index contributed by atoms with van der Waals surface area (Å²) in [7, 11) is 0. The van der Waals surface area contributed by atoms with Gasteiger partial charge in [0.25, 0.3) is 0 Å². The average Bonchev–Trinajstić information content (AvgIpc) is 2.76. The van der Waals surface area contributed by atoms with Gasteiger partial charge in [0.15, 0.2) is 11.1 Å². The van der Waals surface area contributed by atoms with E-state index in [0.717, 1.165) is 0 Å². The van der Waals surface area contributed by atoms with Crippen molar-refractivity contribution in [3.05, 3.63) is 0 Å². The summed E-state index contributed by atoms with van der Waals surface area (Å²) in [5, 5.41) is 0. The lowest BCUT2D eigenvalue weighted by molar-refractivity contribution is -0.138. The molecule has 0 unspecified atom stereocenters. The van der Waals surface area contributed by atoms with Crippen molar-refractivity contribution in [2.24, 2.45) is 15.4 Å². The summed E-state index contributed by atoms with van der Waals surface area (Å²) < 4.78 is 10.6. The molecule has 20 heavy (non-hydrogen) atoms. The Bertz CT molecular complexity index is 499. The van der Waals surface area contributed by atoms with Crippen LogP contribution in [0.25, 0.3) is 0 Å².